The van der Waals surface area contributed by atoms with E-state index in [-0.39, 0.29) is 27.7 Å². The standard InChI is InChI=1S/C16H12Cl2N2O5/c17-10-4-5-13(18)12(8-10)15(21)19-14(16(22)23)7-9-2-1-3-11(6-9)20(24)25/h1-6,8,14H,7H2,(H,19,21)(H,22,23). The molecule has 2 aromatic carbocycles. The van der Waals surface area contributed by atoms with Gasteiger partial charge in [0.2, 0.25) is 0 Å². The van der Waals surface area contributed by atoms with Gasteiger partial charge in [0, 0.05) is 23.6 Å². The Balaban J connectivity index is 2.20. The largest absolute Gasteiger partial charge is 0.480 e. The van der Waals surface area contributed by atoms with Gasteiger partial charge in [0.15, 0.2) is 0 Å². The first-order valence-corrected chi connectivity index (χ1v) is 7.75. The number of carboxylic acids is 1. The quantitative estimate of drug-likeness (QED) is 0.587. The number of carbonyl (C=O) groups excluding carboxylic acids is 1. The average Bonchev–Trinajstić information content (AvgIpc) is 2.56. The Kier molecular flexibility index (Phi) is 5.95. The zero-order valence-electron chi connectivity index (χ0n) is 12.6. The highest BCUT2D eigenvalue weighted by Gasteiger charge is 2.23. The Hall–Kier alpha value is -2.64. The highest BCUT2D eigenvalue weighted by Crippen LogP contribution is 2.21. The maximum absolute atomic E-state index is 12.3. The first-order chi connectivity index (χ1) is 11.8. The molecule has 0 saturated carbocycles. The molecule has 7 nitrogen and oxygen atoms in total. The zero-order chi connectivity index (χ0) is 18.6. The topological polar surface area (TPSA) is 110 Å². The molecular formula is C16H12Cl2N2O5. The van der Waals surface area contributed by atoms with E-state index < -0.39 is 22.8 Å². The predicted molar refractivity (Wildman–Crippen MR) is 92.2 cm³/mol. The molecule has 2 rings (SSSR count). The van der Waals surface area contributed by atoms with E-state index in [4.69, 9.17) is 23.2 Å². The molecule has 0 radical (unpaired) electrons. The summed E-state index contributed by atoms with van der Waals surface area (Å²) in [4.78, 5) is 33.9. The SMILES string of the molecule is O=C(NC(Cc1cccc([N+](=O)[O-])c1)C(=O)O)c1cc(Cl)ccc1Cl. The maximum Gasteiger partial charge on any atom is 0.326 e. The summed E-state index contributed by atoms with van der Waals surface area (Å²) in [5.41, 5.74) is 0.282. The van der Waals surface area contributed by atoms with Crippen LogP contribution >= 0.6 is 23.2 Å². The molecule has 1 unspecified atom stereocenters. The van der Waals surface area contributed by atoms with Crippen LogP contribution in [0.25, 0.3) is 0 Å². The van der Waals surface area contributed by atoms with Crippen LogP contribution in [0.15, 0.2) is 42.5 Å². The third kappa shape index (κ3) is 4.91. The second-order valence-corrected chi connectivity index (χ2v) is 5.96. The molecule has 0 fully saturated rings. The van der Waals surface area contributed by atoms with Gasteiger partial charge in [-0.2, -0.15) is 0 Å². The van der Waals surface area contributed by atoms with Gasteiger partial charge < -0.3 is 10.4 Å². The Bertz CT molecular complexity index is 841. The lowest BCUT2D eigenvalue weighted by Crippen LogP contribution is -2.42. The number of hydrogen-bond acceptors (Lipinski definition) is 4. The second-order valence-electron chi connectivity index (χ2n) is 5.12. The minimum atomic E-state index is -1.29. The lowest BCUT2D eigenvalue weighted by Gasteiger charge is -2.15. The number of carbonyl (C=O) groups is 2. The van der Waals surface area contributed by atoms with Crippen molar-refractivity contribution in [3.63, 3.8) is 0 Å². The zero-order valence-corrected chi connectivity index (χ0v) is 14.1. The first kappa shape index (κ1) is 18.7. The summed E-state index contributed by atoms with van der Waals surface area (Å²) in [7, 11) is 0. The van der Waals surface area contributed by atoms with Crippen LogP contribution in [0.3, 0.4) is 0 Å². The summed E-state index contributed by atoms with van der Waals surface area (Å²) in [6, 6.07) is 8.50. The lowest BCUT2D eigenvalue weighted by atomic mass is 10.0. The molecule has 0 aliphatic rings. The van der Waals surface area contributed by atoms with Crippen LogP contribution in [0.2, 0.25) is 10.0 Å². The van der Waals surface area contributed by atoms with Crippen molar-refractivity contribution < 1.29 is 19.6 Å². The number of hydrogen-bond donors (Lipinski definition) is 2. The summed E-state index contributed by atoms with van der Waals surface area (Å²) >= 11 is 11.7. The number of nitro groups is 1. The fourth-order valence-corrected chi connectivity index (χ4v) is 2.52. The van der Waals surface area contributed by atoms with Crippen molar-refractivity contribution in [2.45, 2.75) is 12.5 Å². The lowest BCUT2D eigenvalue weighted by molar-refractivity contribution is -0.384. The molecule has 1 amide bonds. The number of halogens is 2. The Morgan fingerprint density at radius 1 is 1.20 bits per heavy atom. The molecule has 25 heavy (non-hydrogen) atoms. The van der Waals surface area contributed by atoms with E-state index in [1.165, 1.54) is 36.4 Å². The van der Waals surface area contributed by atoms with Gasteiger partial charge in [-0.3, -0.25) is 14.9 Å². The molecule has 0 saturated heterocycles. The van der Waals surface area contributed by atoms with Crippen molar-refractivity contribution in [1.29, 1.82) is 0 Å². The number of carboxylic acid groups (broad SMARTS) is 1. The minimum absolute atomic E-state index is 0.0412. The first-order valence-electron chi connectivity index (χ1n) is 7.00. The molecule has 0 aromatic heterocycles. The van der Waals surface area contributed by atoms with E-state index in [9.17, 15) is 24.8 Å². The van der Waals surface area contributed by atoms with E-state index in [0.29, 0.717) is 5.56 Å². The second kappa shape index (κ2) is 7.96. The van der Waals surface area contributed by atoms with Crippen LogP contribution in [0, 0.1) is 10.1 Å². The summed E-state index contributed by atoms with van der Waals surface area (Å²) in [5, 5.41) is 22.9. The number of nitro benzene ring substituents is 1. The monoisotopic (exact) mass is 382 g/mol. The highest BCUT2D eigenvalue weighted by atomic mass is 35.5. The van der Waals surface area contributed by atoms with Crippen molar-refractivity contribution in [2.24, 2.45) is 0 Å². The smallest absolute Gasteiger partial charge is 0.326 e. The number of rotatable bonds is 6. The van der Waals surface area contributed by atoms with Gasteiger partial charge in [-0.1, -0.05) is 35.3 Å². The number of aliphatic carboxylic acids is 1. The summed E-state index contributed by atoms with van der Waals surface area (Å²) in [6.07, 6.45) is -0.124. The average molecular weight is 383 g/mol. The van der Waals surface area contributed by atoms with E-state index in [1.54, 1.807) is 6.07 Å². The minimum Gasteiger partial charge on any atom is -0.480 e. The number of amides is 1. The molecule has 0 aliphatic heterocycles. The van der Waals surface area contributed by atoms with Crippen molar-refractivity contribution in [3.05, 3.63) is 73.8 Å². The number of non-ortho nitro benzene ring substituents is 1. The van der Waals surface area contributed by atoms with Gasteiger partial charge in [0.25, 0.3) is 11.6 Å². The Morgan fingerprint density at radius 3 is 2.56 bits per heavy atom. The third-order valence-electron chi connectivity index (χ3n) is 3.34. The molecule has 0 spiro atoms. The molecule has 0 heterocycles. The fraction of sp³-hybridized carbons (Fsp3) is 0.125. The van der Waals surface area contributed by atoms with Gasteiger partial charge in [-0.05, 0) is 23.8 Å². The number of nitrogens with zero attached hydrogens (tertiary/aromatic N) is 1. The van der Waals surface area contributed by atoms with Gasteiger partial charge in [0.05, 0.1) is 15.5 Å². The molecular weight excluding hydrogens is 371 g/mol. The molecule has 2 N–H and O–H groups in total. The van der Waals surface area contributed by atoms with Crippen LogP contribution in [0.4, 0.5) is 5.69 Å². The molecule has 1 atom stereocenters. The van der Waals surface area contributed by atoms with Crippen molar-refractivity contribution in [3.8, 4) is 0 Å². The van der Waals surface area contributed by atoms with Gasteiger partial charge in [-0.15, -0.1) is 0 Å². The van der Waals surface area contributed by atoms with E-state index in [0.717, 1.165) is 0 Å². The predicted octanol–water partition coefficient (Wildman–Crippen LogP) is 3.33. The number of nitrogens with one attached hydrogen (secondary N) is 1. The highest BCUT2D eigenvalue weighted by molar-refractivity contribution is 6.35. The van der Waals surface area contributed by atoms with E-state index in [2.05, 4.69) is 5.32 Å². The van der Waals surface area contributed by atoms with Crippen LogP contribution < -0.4 is 5.32 Å². The molecule has 2 aromatic rings. The van der Waals surface area contributed by atoms with E-state index in [1.807, 2.05) is 0 Å². The van der Waals surface area contributed by atoms with Crippen LogP contribution in [-0.2, 0) is 11.2 Å². The molecule has 0 aliphatic carbocycles. The summed E-state index contributed by atoms with van der Waals surface area (Å²) < 4.78 is 0. The molecule has 9 heteroatoms. The molecule has 0 bridgehead atoms. The Labute approximate surface area is 152 Å². The molecule has 130 valence electrons. The van der Waals surface area contributed by atoms with Crippen molar-refractivity contribution in [1.82, 2.24) is 5.32 Å². The maximum atomic E-state index is 12.3. The summed E-state index contributed by atoms with van der Waals surface area (Å²) in [5.74, 6) is -1.98. The fourth-order valence-electron chi connectivity index (χ4n) is 2.14. The van der Waals surface area contributed by atoms with Gasteiger partial charge >= 0.3 is 5.97 Å². The Morgan fingerprint density at radius 2 is 1.92 bits per heavy atom. The number of benzene rings is 2. The van der Waals surface area contributed by atoms with Crippen LogP contribution in [-0.4, -0.2) is 27.9 Å². The van der Waals surface area contributed by atoms with Crippen LogP contribution in [0.5, 0.6) is 0 Å². The van der Waals surface area contributed by atoms with Crippen molar-refractivity contribution >= 4 is 40.8 Å². The van der Waals surface area contributed by atoms with Crippen molar-refractivity contribution in [2.75, 3.05) is 0 Å². The van der Waals surface area contributed by atoms with Crippen LogP contribution in [0.1, 0.15) is 15.9 Å². The van der Waals surface area contributed by atoms with Gasteiger partial charge in [-0.25, -0.2) is 4.79 Å². The summed E-state index contributed by atoms with van der Waals surface area (Å²) in [6.45, 7) is 0. The third-order valence-corrected chi connectivity index (χ3v) is 3.90. The normalized spacial score (nSPS) is 11.6. The van der Waals surface area contributed by atoms with Gasteiger partial charge in [0.1, 0.15) is 6.04 Å². The van der Waals surface area contributed by atoms with E-state index >= 15 is 0 Å².